The number of allylic oxidation sites excluding steroid dienone is 4. The van der Waals surface area contributed by atoms with E-state index in [4.69, 9.17) is 13.9 Å². The summed E-state index contributed by atoms with van der Waals surface area (Å²) in [6.07, 6.45) is 14.9. The normalized spacial score (nSPS) is 26.6. The Bertz CT molecular complexity index is 2940. The highest BCUT2D eigenvalue weighted by Gasteiger charge is 2.64. The van der Waals surface area contributed by atoms with Crippen molar-refractivity contribution in [1.82, 2.24) is 20.3 Å². The van der Waals surface area contributed by atoms with Crippen molar-refractivity contribution in [2.75, 3.05) is 6.54 Å². The molecule has 6 aliphatic rings. The van der Waals surface area contributed by atoms with E-state index in [1.807, 2.05) is 43.4 Å². The zero-order valence-corrected chi connectivity index (χ0v) is 42.7. The first-order chi connectivity index (χ1) is 33.5. The molecule has 6 unspecified atom stereocenters. The SMILES string of the molecule is CCC1=C(c2ccc(C(C)(C)C)cc2)CCC(C)=c2c(oc3ccccc23)=C1OC1CC2C(=O)NC3(C(=O)NS(=O)(=O)C4CC4)SC3C=CCCCCCC(NC(=O)C3=CC=CC(CC)O3)C(=O)N2C1. The Morgan fingerprint density at radius 2 is 1.76 bits per heavy atom. The third-order valence-corrected chi connectivity index (χ3v) is 17.7. The Balaban J connectivity index is 1.13. The summed E-state index contributed by atoms with van der Waals surface area (Å²) in [4.78, 5) is 58.2. The van der Waals surface area contributed by atoms with Gasteiger partial charge >= 0.3 is 0 Å². The van der Waals surface area contributed by atoms with Crippen LogP contribution in [0.1, 0.15) is 130 Å². The van der Waals surface area contributed by atoms with Gasteiger partial charge < -0.3 is 29.4 Å². The van der Waals surface area contributed by atoms with Gasteiger partial charge in [0.25, 0.3) is 11.8 Å². The minimum Gasteiger partial charge on any atom is -0.484 e. The second-order valence-corrected chi connectivity index (χ2v) is 23.9. The summed E-state index contributed by atoms with van der Waals surface area (Å²) in [6, 6.07) is 14.5. The molecule has 3 aromatic rings. The molecule has 1 aromatic heterocycles. The smallest absolute Gasteiger partial charge is 0.287 e. The van der Waals surface area contributed by atoms with Crippen molar-refractivity contribution in [2.24, 2.45) is 0 Å². The van der Waals surface area contributed by atoms with Crippen LogP contribution in [0.5, 0.6) is 0 Å². The Hall–Kier alpha value is -5.54. The first-order valence-electron chi connectivity index (χ1n) is 25.1. The molecule has 0 bridgehead atoms. The van der Waals surface area contributed by atoms with Crippen LogP contribution >= 0.6 is 11.8 Å². The molecule has 5 heterocycles. The number of furan rings is 1. The number of nitrogens with one attached hydrogen (secondary N) is 3. The van der Waals surface area contributed by atoms with Crippen LogP contribution in [-0.4, -0.2) is 83.2 Å². The van der Waals surface area contributed by atoms with Crippen LogP contribution < -0.4 is 26.0 Å². The molecule has 0 spiro atoms. The molecule has 9 rings (SSSR count). The first-order valence-corrected chi connectivity index (χ1v) is 27.5. The number of amides is 4. The quantitative estimate of drug-likeness (QED) is 0.137. The summed E-state index contributed by atoms with van der Waals surface area (Å²) in [7, 11) is -3.95. The lowest BCUT2D eigenvalue weighted by Gasteiger charge is -2.30. The summed E-state index contributed by atoms with van der Waals surface area (Å²) in [6.45, 7) is 12.8. The van der Waals surface area contributed by atoms with Crippen molar-refractivity contribution >= 4 is 73.3 Å². The summed E-state index contributed by atoms with van der Waals surface area (Å²) in [5, 5.41) is 6.67. The lowest BCUT2D eigenvalue weighted by molar-refractivity contribution is -0.142. The average molecular weight is 991 g/mol. The van der Waals surface area contributed by atoms with Gasteiger partial charge in [0.05, 0.1) is 17.0 Å². The Morgan fingerprint density at radius 1 is 0.986 bits per heavy atom. The number of ether oxygens (including phenoxy) is 2. The number of thioether (sulfide) groups is 1. The maximum Gasteiger partial charge on any atom is 0.287 e. The van der Waals surface area contributed by atoms with Gasteiger partial charge in [-0.2, -0.15) is 0 Å². The number of carbonyl (C=O) groups is 4. The molecule has 6 atom stereocenters. The van der Waals surface area contributed by atoms with E-state index in [9.17, 15) is 18.0 Å². The molecule has 4 amide bonds. The van der Waals surface area contributed by atoms with Crippen molar-refractivity contribution in [3.63, 3.8) is 0 Å². The fourth-order valence-electron chi connectivity index (χ4n) is 10.2. The van der Waals surface area contributed by atoms with E-state index in [2.05, 4.69) is 80.3 Å². The molecule has 0 radical (unpaired) electrons. The maximum atomic E-state index is 15.3. The van der Waals surface area contributed by atoms with E-state index >= 15 is 9.59 Å². The summed E-state index contributed by atoms with van der Waals surface area (Å²) in [5.41, 5.74) is 6.76. The predicted molar refractivity (Wildman–Crippen MR) is 273 cm³/mol. The maximum absolute atomic E-state index is 15.3. The van der Waals surface area contributed by atoms with Crippen LogP contribution in [-0.2, 0) is 44.1 Å². The molecule has 70 heavy (non-hydrogen) atoms. The Morgan fingerprint density at radius 3 is 2.49 bits per heavy atom. The molecule has 1 saturated carbocycles. The van der Waals surface area contributed by atoms with Crippen LogP contribution in [0, 0.1) is 0 Å². The zero-order valence-electron chi connectivity index (χ0n) is 41.1. The second kappa shape index (κ2) is 19.9. The van der Waals surface area contributed by atoms with E-state index in [0.29, 0.717) is 61.7 Å². The number of benzene rings is 2. The zero-order chi connectivity index (χ0) is 49.5. The molecule has 3 fully saturated rings. The molecular weight excluding hydrogens is 925 g/mol. The van der Waals surface area contributed by atoms with Crippen LogP contribution in [0.15, 0.2) is 94.7 Å². The van der Waals surface area contributed by atoms with E-state index in [-0.39, 0.29) is 30.2 Å². The fourth-order valence-corrected chi connectivity index (χ4v) is 12.7. The summed E-state index contributed by atoms with van der Waals surface area (Å²) in [5.74, 6) is -1.81. The molecule has 13 nitrogen and oxygen atoms in total. The third-order valence-electron chi connectivity index (χ3n) is 14.5. The molecule has 2 aliphatic carbocycles. The minimum atomic E-state index is -3.95. The van der Waals surface area contributed by atoms with Gasteiger partial charge in [0.1, 0.15) is 29.9 Å². The van der Waals surface area contributed by atoms with Gasteiger partial charge in [-0.1, -0.05) is 114 Å². The van der Waals surface area contributed by atoms with Crippen molar-refractivity contribution in [1.29, 1.82) is 0 Å². The van der Waals surface area contributed by atoms with Crippen molar-refractivity contribution in [3.8, 4) is 0 Å². The van der Waals surface area contributed by atoms with Gasteiger partial charge in [-0.3, -0.25) is 19.2 Å². The Labute approximate surface area is 415 Å². The van der Waals surface area contributed by atoms with Gasteiger partial charge in [-0.15, -0.1) is 11.8 Å². The van der Waals surface area contributed by atoms with E-state index in [0.717, 1.165) is 70.3 Å². The largest absolute Gasteiger partial charge is 0.484 e. The highest BCUT2D eigenvalue weighted by molar-refractivity contribution is 8.10. The molecule has 2 aromatic carbocycles. The number of hydrogen-bond acceptors (Lipinski definition) is 10. The van der Waals surface area contributed by atoms with Gasteiger partial charge in [0.2, 0.25) is 21.8 Å². The van der Waals surface area contributed by atoms with Crippen LogP contribution in [0.3, 0.4) is 0 Å². The van der Waals surface area contributed by atoms with Crippen molar-refractivity contribution in [2.45, 2.75) is 164 Å². The lowest BCUT2D eigenvalue weighted by Crippen LogP contribution is -2.58. The summed E-state index contributed by atoms with van der Waals surface area (Å²) < 4.78 is 48.6. The van der Waals surface area contributed by atoms with Crippen LogP contribution in [0.2, 0.25) is 0 Å². The van der Waals surface area contributed by atoms with E-state index < -0.39 is 67.2 Å². The highest BCUT2D eigenvalue weighted by atomic mass is 32.2. The molecule has 3 N–H and O–H groups in total. The second-order valence-electron chi connectivity index (χ2n) is 20.5. The number of para-hydroxylation sites is 1. The number of hydrogen-bond donors (Lipinski definition) is 3. The molecular formula is C55H66N4O9S2. The van der Waals surface area contributed by atoms with Gasteiger partial charge in [0.15, 0.2) is 21.8 Å². The third kappa shape index (κ3) is 10.2. The van der Waals surface area contributed by atoms with Crippen molar-refractivity contribution in [3.05, 3.63) is 112 Å². The number of nitrogens with zero attached hydrogens (tertiary/aromatic N) is 1. The number of sulfonamides is 1. The van der Waals surface area contributed by atoms with Gasteiger partial charge in [-0.25, -0.2) is 13.1 Å². The topological polar surface area (TPSA) is 173 Å². The number of rotatable bonds is 10. The summed E-state index contributed by atoms with van der Waals surface area (Å²) >= 11 is 1.16. The monoisotopic (exact) mass is 990 g/mol. The predicted octanol–water partition coefficient (Wildman–Crippen LogP) is 7.44. The van der Waals surface area contributed by atoms with E-state index in [1.54, 1.807) is 12.2 Å². The van der Waals surface area contributed by atoms with Gasteiger partial charge in [-0.05, 0) is 105 Å². The van der Waals surface area contributed by atoms with E-state index in [1.165, 1.54) is 10.5 Å². The lowest BCUT2D eigenvalue weighted by atomic mass is 9.84. The highest BCUT2D eigenvalue weighted by Crippen LogP contribution is 2.53. The van der Waals surface area contributed by atoms with Crippen LogP contribution in [0.4, 0.5) is 0 Å². The Kier molecular flexibility index (Phi) is 14.1. The molecule has 2 saturated heterocycles. The standard InChI is InChI=1S/C55H66N4O9S2/c1-7-36-17-16-21-45(66-36)51(61)56-42-19-12-10-9-11-13-22-46-55(69-46,53(63)58-70(64,65)38-28-29-38)57-50(60)43-31-37(32-59(43)52(42)62)67-48-39(8-2)40(34-24-26-35(27-25-34)54(4,5)6)30-23-33(3)47-41-18-14-15-20-44(41)68-49(47)48/h13-18,20-22,24-27,36-38,42-43,46H,7-12,19,23,28-32H2,1-6H3,(H,56,61)(H,57,60)(H,58,63). The number of carbonyl (C=O) groups excluding carboxylic acids is 4. The van der Waals surface area contributed by atoms with Gasteiger partial charge in [0, 0.05) is 22.6 Å². The average Bonchev–Trinajstić information content (AvgIpc) is 4.24. The fraction of sp³-hybridized carbons (Fsp3) is 0.491. The number of fused-ring (bicyclic) bond motifs is 5. The molecule has 4 aliphatic heterocycles. The van der Waals surface area contributed by atoms with Crippen LogP contribution in [0.25, 0.3) is 27.9 Å². The molecule has 15 heteroatoms. The molecule has 372 valence electrons. The minimum absolute atomic E-state index is 0.0246. The first kappa shape index (κ1) is 49.4. The van der Waals surface area contributed by atoms with Crippen molar-refractivity contribution < 1.29 is 41.5 Å².